The lowest BCUT2D eigenvalue weighted by atomic mass is 10.2. The van der Waals surface area contributed by atoms with Gasteiger partial charge in [0.25, 0.3) is 0 Å². The molecular formula is C14H17FN2S. The molecule has 2 rings (SSSR count). The van der Waals surface area contributed by atoms with Gasteiger partial charge in [0.15, 0.2) is 0 Å². The van der Waals surface area contributed by atoms with Crippen LogP contribution in [0.3, 0.4) is 0 Å². The van der Waals surface area contributed by atoms with Gasteiger partial charge >= 0.3 is 0 Å². The zero-order valence-corrected chi connectivity index (χ0v) is 11.4. The lowest BCUT2D eigenvalue weighted by molar-refractivity contribution is 0.590. The van der Waals surface area contributed by atoms with E-state index in [0.29, 0.717) is 6.04 Å². The van der Waals surface area contributed by atoms with E-state index >= 15 is 0 Å². The largest absolute Gasteiger partial charge is 0.314 e. The number of benzene rings is 1. The van der Waals surface area contributed by atoms with E-state index in [1.54, 1.807) is 23.5 Å². The van der Waals surface area contributed by atoms with Gasteiger partial charge in [-0.15, -0.1) is 11.3 Å². The summed E-state index contributed by atoms with van der Waals surface area (Å²) in [6.07, 6.45) is 0.935. The maximum atomic E-state index is 12.8. The Morgan fingerprint density at radius 3 is 2.67 bits per heavy atom. The van der Waals surface area contributed by atoms with Gasteiger partial charge in [0.2, 0.25) is 0 Å². The third kappa shape index (κ3) is 3.62. The molecule has 1 N–H and O–H groups in total. The molecule has 0 aliphatic carbocycles. The van der Waals surface area contributed by atoms with E-state index in [0.717, 1.165) is 29.2 Å². The fourth-order valence-electron chi connectivity index (χ4n) is 1.65. The quantitative estimate of drug-likeness (QED) is 0.894. The molecule has 0 saturated carbocycles. The number of nitrogens with one attached hydrogen (secondary N) is 1. The van der Waals surface area contributed by atoms with Gasteiger partial charge in [-0.1, -0.05) is 13.8 Å². The predicted octanol–water partition coefficient (Wildman–Crippen LogP) is 3.49. The molecule has 1 aromatic heterocycles. The van der Waals surface area contributed by atoms with Crippen LogP contribution in [-0.2, 0) is 6.42 Å². The lowest BCUT2D eigenvalue weighted by Gasteiger charge is -2.05. The smallest absolute Gasteiger partial charge is 0.123 e. The van der Waals surface area contributed by atoms with Crippen molar-refractivity contribution in [1.82, 2.24) is 10.3 Å². The minimum atomic E-state index is -0.213. The fraction of sp³-hybridized carbons (Fsp3) is 0.357. The van der Waals surface area contributed by atoms with Gasteiger partial charge in [0.1, 0.15) is 5.82 Å². The summed E-state index contributed by atoms with van der Waals surface area (Å²) in [5.74, 6) is -0.213. The van der Waals surface area contributed by atoms with Gasteiger partial charge in [0.05, 0.1) is 10.7 Å². The van der Waals surface area contributed by atoms with Crippen LogP contribution in [0, 0.1) is 5.82 Å². The number of aromatic nitrogens is 1. The van der Waals surface area contributed by atoms with Crippen molar-refractivity contribution in [3.8, 4) is 11.3 Å². The molecule has 0 radical (unpaired) electrons. The second-order valence-electron chi connectivity index (χ2n) is 4.49. The molecule has 18 heavy (non-hydrogen) atoms. The summed E-state index contributed by atoms with van der Waals surface area (Å²) < 4.78 is 12.8. The molecule has 0 bridgehead atoms. The Morgan fingerprint density at radius 2 is 2.00 bits per heavy atom. The highest BCUT2D eigenvalue weighted by molar-refractivity contribution is 7.09. The summed E-state index contributed by atoms with van der Waals surface area (Å²) in [6.45, 7) is 5.20. The van der Waals surface area contributed by atoms with Crippen molar-refractivity contribution >= 4 is 11.3 Å². The molecule has 1 heterocycles. The maximum absolute atomic E-state index is 12.8. The molecule has 0 fully saturated rings. The molecule has 4 heteroatoms. The van der Waals surface area contributed by atoms with Gasteiger partial charge in [-0.2, -0.15) is 0 Å². The highest BCUT2D eigenvalue weighted by Crippen LogP contribution is 2.22. The second kappa shape index (κ2) is 6.07. The van der Waals surface area contributed by atoms with Gasteiger partial charge in [0, 0.05) is 30.0 Å². The first-order valence-corrected chi connectivity index (χ1v) is 6.97. The van der Waals surface area contributed by atoms with Crippen LogP contribution in [0.5, 0.6) is 0 Å². The van der Waals surface area contributed by atoms with Crippen LogP contribution >= 0.6 is 11.3 Å². The third-order valence-electron chi connectivity index (χ3n) is 2.58. The number of thiazole rings is 1. The molecule has 1 aromatic carbocycles. The molecular weight excluding hydrogens is 247 g/mol. The van der Waals surface area contributed by atoms with E-state index in [-0.39, 0.29) is 5.82 Å². The zero-order valence-electron chi connectivity index (χ0n) is 10.6. The van der Waals surface area contributed by atoms with E-state index in [4.69, 9.17) is 0 Å². The lowest BCUT2D eigenvalue weighted by Crippen LogP contribution is -2.24. The number of hydrogen-bond donors (Lipinski definition) is 1. The number of hydrogen-bond acceptors (Lipinski definition) is 3. The minimum Gasteiger partial charge on any atom is -0.314 e. The minimum absolute atomic E-state index is 0.213. The standard InChI is InChI=1S/C14H17FN2S/c1-10(2)16-8-7-14-17-13(9-18-14)11-3-5-12(15)6-4-11/h3-6,9-10,16H,7-8H2,1-2H3. The fourth-order valence-corrected chi connectivity index (χ4v) is 2.45. The van der Waals surface area contributed by atoms with Crippen LogP contribution < -0.4 is 5.32 Å². The molecule has 96 valence electrons. The third-order valence-corrected chi connectivity index (χ3v) is 3.49. The van der Waals surface area contributed by atoms with Crippen molar-refractivity contribution in [2.75, 3.05) is 6.54 Å². The van der Waals surface area contributed by atoms with Crippen LogP contribution in [0.2, 0.25) is 0 Å². The van der Waals surface area contributed by atoms with Crippen LogP contribution in [0.25, 0.3) is 11.3 Å². The highest BCUT2D eigenvalue weighted by Gasteiger charge is 2.04. The Hall–Kier alpha value is -1.26. The molecule has 0 saturated heterocycles. The maximum Gasteiger partial charge on any atom is 0.123 e. The summed E-state index contributed by atoms with van der Waals surface area (Å²) in [4.78, 5) is 4.56. The summed E-state index contributed by atoms with van der Waals surface area (Å²) in [6, 6.07) is 6.96. The number of halogens is 1. The average molecular weight is 264 g/mol. The van der Waals surface area contributed by atoms with Crippen LogP contribution in [-0.4, -0.2) is 17.6 Å². The van der Waals surface area contributed by atoms with Gasteiger partial charge < -0.3 is 5.32 Å². The first kappa shape index (κ1) is 13.2. The van der Waals surface area contributed by atoms with Crippen molar-refractivity contribution in [2.45, 2.75) is 26.3 Å². The van der Waals surface area contributed by atoms with Gasteiger partial charge in [-0.3, -0.25) is 0 Å². The van der Waals surface area contributed by atoms with E-state index in [2.05, 4.69) is 24.1 Å². The van der Waals surface area contributed by atoms with Gasteiger partial charge in [-0.05, 0) is 24.3 Å². The zero-order chi connectivity index (χ0) is 13.0. The highest BCUT2D eigenvalue weighted by atomic mass is 32.1. The van der Waals surface area contributed by atoms with Crippen LogP contribution in [0.1, 0.15) is 18.9 Å². The van der Waals surface area contributed by atoms with Crippen molar-refractivity contribution in [2.24, 2.45) is 0 Å². The Morgan fingerprint density at radius 1 is 1.28 bits per heavy atom. The van der Waals surface area contributed by atoms with Crippen LogP contribution in [0.15, 0.2) is 29.6 Å². The van der Waals surface area contributed by atoms with E-state index in [1.165, 1.54) is 12.1 Å². The van der Waals surface area contributed by atoms with E-state index in [9.17, 15) is 4.39 Å². The summed E-state index contributed by atoms with van der Waals surface area (Å²) in [5, 5.41) is 6.51. The molecule has 0 amide bonds. The molecule has 0 unspecified atom stereocenters. The summed E-state index contributed by atoms with van der Waals surface area (Å²) in [5.41, 5.74) is 1.90. The molecule has 0 spiro atoms. The molecule has 0 atom stereocenters. The molecule has 0 aliphatic rings. The van der Waals surface area contributed by atoms with E-state index in [1.807, 2.05) is 5.38 Å². The molecule has 0 aliphatic heterocycles. The SMILES string of the molecule is CC(C)NCCc1nc(-c2ccc(F)cc2)cs1. The van der Waals surface area contributed by atoms with Crippen molar-refractivity contribution < 1.29 is 4.39 Å². The number of nitrogens with zero attached hydrogens (tertiary/aromatic N) is 1. The summed E-state index contributed by atoms with van der Waals surface area (Å²) >= 11 is 1.66. The van der Waals surface area contributed by atoms with Crippen molar-refractivity contribution in [3.05, 3.63) is 40.5 Å². The monoisotopic (exact) mass is 264 g/mol. The molecule has 2 nitrogen and oxygen atoms in total. The summed E-state index contributed by atoms with van der Waals surface area (Å²) in [7, 11) is 0. The first-order chi connectivity index (χ1) is 8.65. The first-order valence-electron chi connectivity index (χ1n) is 6.09. The average Bonchev–Trinajstić information content (AvgIpc) is 2.78. The van der Waals surface area contributed by atoms with Gasteiger partial charge in [-0.25, -0.2) is 9.37 Å². The van der Waals surface area contributed by atoms with E-state index < -0.39 is 0 Å². The Bertz CT molecular complexity index is 491. The topological polar surface area (TPSA) is 24.9 Å². The predicted molar refractivity (Wildman–Crippen MR) is 74.4 cm³/mol. The Labute approximate surface area is 111 Å². The Kier molecular flexibility index (Phi) is 4.44. The second-order valence-corrected chi connectivity index (χ2v) is 5.43. The molecule has 2 aromatic rings. The number of rotatable bonds is 5. The van der Waals surface area contributed by atoms with Crippen molar-refractivity contribution in [1.29, 1.82) is 0 Å². The Balaban J connectivity index is 1.99. The van der Waals surface area contributed by atoms with Crippen LogP contribution in [0.4, 0.5) is 4.39 Å². The normalized spacial score (nSPS) is 11.1. The van der Waals surface area contributed by atoms with Crippen molar-refractivity contribution in [3.63, 3.8) is 0 Å².